The molecule has 2 aromatic rings. The third kappa shape index (κ3) is 3.87. The maximum Gasteiger partial charge on any atom is 0.311 e. The van der Waals surface area contributed by atoms with Gasteiger partial charge in [0.25, 0.3) is 0 Å². The average molecular weight is 275 g/mol. The molecule has 104 valence electrons. The molecule has 2 N–H and O–H groups in total. The van der Waals surface area contributed by atoms with Crippen molar-refractivity contribution in [2.45, 2.75) is 19.5 Å². The molecule has 0 fully saturated rings. The van der Waals surface area contributed by atoms with E-state index < -0.39 is 5.97 Å². The third-order valence-corrected chi connectivity index (χ3v) is 2.54. The molecule has 0 spiro atoms. The summed E-state index contributed by atoms with van der Waals surface area (Å²) < 4.78 is 1.18. The Hall–Kier alpha value is -2.77. The van der Waals surface area contributed by atoms with Crippen LogP contribution in [0.15, 0.2) is 30.3 Å². The van der Waals surface area contributed by atoms with Crippen LogP contribution in [0.3, 0.4) is 0 Å². The standard InChI is InChI=1S/C12H13N5O3/c18-11(13-7-9-4-2-1-3-5-9)8-17-10(6-12(19)20)14-15-16-17/h1-5H,6-8H2,(H,13,18)(H,19,20). The van der Waals surface area contributed by atoms with Crippen molar-refractivity contribution in [1.29, 1.82) is 0 Å². The molecule has 1 heterocycles. The predicted octanol–water partition coefficient (Wildman–Crippen LogP) is -0.383. The molecule has 8 nitrogen and oxygen atoms in total. The van der Waals surface area contributed by atoms with Crippen molar-refractivity contribution in [3.8, 4) is 0 Å². The molecule has 20 heavy (non-hydrogen) atoms. The molecule has 0 bridgehead atoms. The van der Waals surface area contributed by atoms with Crippen LogP contribution in [-0.2, 0) is 29.1 Å². The first-order chi connectivity index (χ1) is 9.65. The quantitative estimate of drug-likeness (QED) is 0.743. The summed E-state index contributed by atoms with van der Waals surface area (Å²) in [6.07, 6.45) is -0.320. The molecule has 1 amide bonds. The van der Waals surface area contributed by atoms with Gasteiger partial charge in [0.05, 0.1) is 0 Å². The minimum absolute atomic E-state index is 0.109. The molecule has 1 aromatic heterocycles. The van der Waals surface area contributed by atoms with Gasteiger partial charge in [0.1, 0.15) is 13.0 Å². The first kappa shape index (κ1) is 13.7. The number of carbonyl (C=O) groups is 2. The highest BCUT2D eigenvalue weighted by Gasteiger charge is 2.13. The summed E-state index contributed by atoms with van der Waals surface area (Å²) in [4.78, 5) is 22.4. The van der Waals surface area contributed by atoms with E-state index >= 15 is 0 Å². The Morgan fingerprint density at radius 2 is 2.00 bits per heavy atom. The molecule has 0 unspecified atom stereocenters. The van der Waals surface area contributed by atoms with E-state index in [4.69, 9.17) is 5.11 Å². The number of aliphatic carboxylic acids is 1. The van der Waals surface area contributed by atoms with Crippen molar-refractivity contribution in [2.24, 2.45) is 0 Å². The Kier molecular flexibility index (Phi) is 4.38. The summed E-state index contributed by atoms with van der Waals surface area (Å²) >= 11 is 0. The van der Waals surface area contributed by atoms with Gasteiger partial charge in [-0.15, -0.1) is 5.10 Å². The zero-order valence-corrected chi connectivity index (χ0v) is 10.6. The molecule has 1 aromatic carbocycles. The van der Waals surface area contributed by atoms with Gasteiger partial charge in [-0.05, 0) is 16.0 Å². The van der Waals surface area contributed by atoms with Gasteiger partial charge in [0.2, 0.25) is 5.91 Å². The molecule has 0 atom stereocenters. The second-order valence-electron chi connectivity index (χ2n) is 4.09. The summed E-state index contributed by atoms with van der Waals surface area (Å²) in [7, 11) is 0. The molecule has 0 aliphatic carbocycles. The van der Waals surface area contributed by atoms with Crippen LogP contribution < -0.4 is 5.32 Å². The number of tetrazole rings is 1. The summed E-state index contributed by atoms with van der Waals surface area (Å²) in [5, 5.41) is 21.9. The molecular weight excluding hydrogens is 262 g/mol. The number of nitrogens with zero attached hydrogens (tertiary/aromatic N) is 4. The van der Waals surface area contributed by atoms with Gasteiger partial charge in [0, 0.05) is 6.54 Å². The van der Waals surface area contributed by atoms with Crippen LogP contribution in [0.4, 0.5) is 0 Å². The van der Waals surface area contributed by atoms with Crippen LogP contribution in [0.1, 0.15) is 11.4 Å². The van der Waals surface area contributed by atoms with Crippen molar-refractivity contribution in [3.63, 3.8) is 0 Å². The number of hydrogen-bond donors (Lipinski definition) is 2. The van der Waals surface area contributed by atoms with E-state index in [1.807, 2.05) is 30.3 Å². The SMILES string of the molecule is O=C(O)Cc1nnnn1CC(=O)NCc1ccccc1. The van der Waals surface area contributed by atoms with Gasteiger partial charge in [-0.25, -0.2) is 4.68 Å². The Balaban J connectivity index is 1.88. The lowest BCUT2D eigenvalue weighted by Crippen LogP contribution is -2.28. The first-order valence-corrected chi connectivity index (χ1v) is 5.92. The number of benzene rings is 1. The normalized spacial score (nSPS) is 10.2. The van der Waals surface area contributed by atoms with E-state index in [-0.39, 0.29) is 24.7 Å². The highest BCUT2D eigenvalue weighted by Crippen LogP contribution is 1.98. The van der Waals surface area contributed by atoms with Crippen LogP contribution in [0.2, 0.25) is 0 Å². The van der Waals surface area contributed by atoms with Gasteiger partial charge >= 0.3 is 5.97 Å². The van der Waals surface area contributed by atoms with Gasteiger partial charge < -0.3 is 10.4 Å². The van der Waals surface area contributed by atoms with Crippen LogP contribution in [-0.4, -0.2) is 37.2 Å². The van der Waals surface area contributed by atoms with E-state index in [0.717, 1.165) is 5.56 Å². The predicted molar refractivity (Wildman–Crippen MR) is 67.4 cm³/mol. The van der Waals surface area contributed by atoms with Gasteiger partial charge in [-0.1, -0.05) is 30.3 Å². The monoisotopic (exact) mass is 275 g/mol. The second kappa shape index (κ2) is 6.41. The Bertz CT molecular complexity index is 596. The minimum atomic E-state index is -1.05. The molecule has 0 aliphatic rings. The minimum Gasteiger partial charge on any atom is -0.481 e. The van der Waals surface area contributed by atoms with Gasteiger partial charge in [0.15, 0.2) is 5.82 Å². The fraction of sp³-hybridized carbons (Fsp3) is 0.250. The van der Waals surface area contributed by atoms with Crippen molar-refractivity contribution in [3.05, 3.63) is 41.7 Å². The lowest BCUT2D eigenvalue weighted by molar-refractivity contribution is -0.136. The number of aromatic nitrogens is 4. The van der Waals surface area contributed by atoms with E-state index in [1.54, 1.807) is 0 Å². The molecule has 8 heteroatoms. The van der Waals surface area contributed by atoms with Crippen molar-refractivity contribution in [1.82, 2.24) is 25.5 Å². The lowest BCUT2D eigenvalue weighted by atomic mass is 10.2. The van der Waals surface area contributed by atoms with Gasteiger partial charge in [-0.2, -0.15) is 0 Å². The Morgan fingerprint density at radius 1 is 1.25 bits per heavy atom. The number of carboxylic acid groups (broad SMARTS) is 1. The van der Waals surface area contributed by atoms with E-state index in [9.17, 15) is 9.59 Å². The Labute approximate surface area is 114 Å². The zero-order chi connectivity index (χ0) is 14.4. The second-order valence-corrected chi connectivity index (χ2v) is 4.09. The molecular formula is C12H13N5O3. The van der Waals surface area contributed by atoms with Crippen molar-refractivity contribution < 1.29 is 14.7 Å². The zero-order valence-electron chi connectivity index (χ0n) is 10.6. The van der Waals surface area contributed by atoms with Gasteiger partial charge in [-0.3, -0.25) is 9.59 Å². The number of rotatable bonds is 6. The number of carboxylic acids is 1. The van der Waals surface area contributed by atoms with Crippen LogP contribution >= 0.6 is 0 Å². The van der Waals surface area contributed by atoms with E-state index in [0.29, 0.717) is 6.54 Å². The summed E-state index contributed by atoms with van der Waals surface area (Å²) in [6, 6.07) is 9.45. The van der Waals surface area contributed by atoms with Crippen molar-refractivity contribution in [2.75, 3.05) is 0 Å². The fourth-order valence-electron chi connectivity index (χ4n) is 1.60. The maximum atomic E-state index is 11.7. The summed E-state index contributed by atoms with van der Waals surface area (Å²) in [5.74, 6) is -1.19. The summed E-state index contributed by atoms with van der Waals surface area (Å²) in [5.41, 5.74) is 0.975. The molecule has 2 rings (SSSR count). The molecule has 0 aliphatic heterocycles. The average Bonchev–Trinajstić information content (AvgIpc) is 2.84. The van der Waals surface area contributed by atoms with E-state index in [2.05, 4.69) is 20.8 Å². The number of amides is 1. The number of carbonyl (C=O) groups excluding carboxylic acids is 1. The van der Waals surface area contributed by atoms with Crippen molar-refractivity contribution >= 4 is 11.9 Å². The largest absolute Gasteiger partial charge is 0.481 e. The first-order valence-electron chi connectivity index (χ1n) is 5.92. The lowest BCUT2D eigenvalue weighted by Gasteiger charge is -2.06. The van der Waals surface area contributed by atoms with Crippen LogP contribution in [0.25, 0.3) is 0 Å². The topological polar surface area (TPSA) is 110 Å². The smallest absolute Gasteiger partial charge is 0.311 e. The van der Waals surface area contributed by atoms with E-state index in [1.165, 1.54) is 4.68 Å². The number of nitrogens with one attached hydrogen (secondary N) is 1. The highest BCUT2D eigenvalue weighted by molar-refractivity contribution is 5.75. The number of hydrogen-bond acceptors (Lipinski definition) is 5. The molecule has 0 saturated heterocycles. The summed E-state index contributed by atoms with van der Waals surface area (Å²) in [6.45, 7) is 0.290. The highest BCUT2D eigenvalue weighted by atomic mass is 16.4. The third-order valence-electron chi connectivity index (χ3n) is 2.54. The Morgan fingerprint density at radius 3 is 2.70 bits per heavy atom. The molecule has 0 radical (unpaired) electrons. The molecule has 0 saturated carbocycles. The fourth-order valence-corrected chi connectivity index (χ4v) is 1.60. The van der Waals surface area contributed by atoms with Crippen LogP contribution in [0, 0.1) is 0 Å². The van der Waals surface area contributed by atoms with Crippen LogP contribution in [0.5, 0.6) is 0 Å². The maximum absolute atomic E-state index is 11.7.